The zero-order chi connectivity index (χ0) is 40.0. The van der Waals surface area contributed by atoms with Gasteiger partial charge in [0, 0.05) is 11.1 Å². The number of carboxylic acids is 4. The minimum Gasteiger partial charge on any atom is -0.481 e. The van der Waals surface area contributed by atoms with E-state index in [9.17, 15) is 25.2 Å². The van der Waals surface area contributed by atoms with E-state index in [2.05, 4.69) is 24.9 Å². The number of aliphatic carboxylic acids is 4. The van der Waals surface area contributed by atoms with Gasteiger partial charge in [-0.2, -0.15) is 0 Å². The molecule has 5 rings (SSSR count). The van der Waals surface area contributed by atoms with Crippen LogP contribution in [0.15, 0.2) is 0 Å². The number of nitrogens with zero attached hydrogens (tertiary/aromatic N) is 4. The second kappa shape index (κ2) is 15.9. The molecule has 5 N–H and O–H groups in total. The van der Waals surface area contributed by atoms with Crippen molar-refractivity contribution in [2.45, 2.75) is 103 Å². The summed E-state index contributed by atoms with van der Waals surface area (Å²) in [6.45, 7) is 12.1. The first-order valence-electron chi connectivity index (χ1n) is 20.6. The largest absolute Gasteiger partial charge is 0.481 e. The first-order valence-corrected chi connectivity index (χ1v) is 20.6. The van der Waals surface area contributed by atoms with Crippen molar-refractivity contribution in [3.63, 3.8) is 0 Å². The second-order valence-corrected chi connectivity index (χ2v) is 19.6. The molecule has 0 aromatic heterocycles. The van der Waals surface area contributed by atoms with Gasteiger partial charge >= 0.3 is 23.9 Å². The Morgan fingerprint density at radius 2 is 0.870 bits per heavy atom. The quantitative estimate of drug-likeness (QED) is 0.195. The lowest BCUT2D eigenvalue weighted by molar-refractivity contribution is -0.261. The van der Waals surface area contributed by atoms with E-state index in [1.807, 2.05) is 55.9 Å². The van der Waals surface area contributed by atoms with Crippen LogP contribution in [0.4, 0.5) is 0 Å². The van der Waals surface area contributed by atoms with Crippen molar-refractivity contribution in [1.29, 1.82) is 0 Å². The zero-order valence-corrected chi connectivity index (χ0v) is 34.4. The van der Waals surface area contributed by atoms with Crippen LogP contribution in [0, 0.1) is 51.8 Å². The lowest BCUT2D eigenvalue weighted by atomic mass is 9.32. The maximum absolute atomic E-state index is 15.5. The van der Waals surface area contributed by atoms with E-state index in [4.69, 9.17) is 0 Å². The van der Waals surface area contributed by atoms with Crippen molar-refractivity contribution in [1.82, 2.24) is 24.9 Å². The van der Waals surface area contributed by atoms with E-state index < -0.39 is 86.7 Å². The second-order valence-electron chi connectivity index (χ2n) is 19.6. The summed E-state index contributed by atoms with van der Waals surface area (Å²) in [5, 5.41) is 52.9. The molecule has 0 aromatic carbocycles. The van der Waals surface area contributed by atoms with Gasteiger partial charge in [-0.3, -0.25) is 19.2 Å². The standard InChI is InChI=1S/C41H71N5O8/c1-37(2)25-27(26-38(3,4)42-37)32(33(47)48)40(35(51)52,30-13-21-45(7)22-14-30)41(36(53)54,31-15-23-46(8)24-16-31)39(34(49)50,28-9-17-43(5)18-10-28)29-11-19-44(6)20-12-29/h27-32,42H,9-26H2,1-8H3,(H,47,48)(H,49,50)(H,51,52)(H,53,54). The Balaban J connectivity index is 2.00. The van der Waals surface area contributed by atoms with Gasteiger partial charge in [-0.1, -0.05) is 0 Å². The molecule has 3 unspecified atom stereocenters. The summed E-state index contributed by atoms with van der Waals surface area (Å²) in [6, 6.07) is 0. The lowest BCUT2D eigenvalue weighted by Crippen LogP contribution is -2.77. The highest BCUT2D eigenvalue weighted by Crippen LogP contribution is 2.73. The Morgan fingerprint density at radius 1 is 0.537 bits per heavy atom. The van der Waals surface area contributed by atoms with Crippen LogP contribution in [0.3, 0.4) is 0 Å². The average molecular weight is 762 g/mol. The molecule has 308 valence electrons. The van der Waals surface area contributed by atoms with Gasteiger partial charge in [-0.15, -0.1) is 0 Å². The molecule has 0 aromatic rings. The van der Waals surface area contributed by atoms with Crippen molar-refractivity contribution in [2.75, 3.05) is 80.5 Å². The smallest absolute Gasteiger partial charge is 0.312 e. The van der Waals surface area contributed by atoms with Crippen LogP contribution >= 0.6 is 0 Å². The molecule has 5 saturated heterocycles. The summed E-state index contributed by atoms with van der Waals surface area (Å²) >= 11 is 0. The Hall–Kier alpha value is -2.32. The summed E-state index contributed by atoms with van der Waals surface area (Å²) in [5.74, 6) is -10.9. The normalized spacial score (nSPS) is 28.5. The van der Waals surface area contributed by atoms with Crippen LogP contribution in [0.5, 0.6) is 0 Å². The number of likely N-dealkylation sites (tertiary alicyclic amines) is 4. The summed E-state index contributed by atoms with van der Waals surface area (Å²) in [4.78, 5) is 69.0. The minimum absolute atomic E-state index is 0.280. The lowest BCUT2D eigenvalue weighted by Gasteiger charge is -2.67. The van der Waals surface area contributed by atoms with Crippen LogP contribution in [-0.4, -0.2) is 156 Å². The fourth-order valence-corrected chi connectivity index (χ4v) is 13.6. The summed E-state index contributed by atoms with van der Waals surface area (Å²) in [7, 11) is 7.87. The van der Waals surface area contributed by atoms with Crippen molar-refractivity contribution >= 4 is 23.9 Å². The molecule has 5 aliphatic heterocycles. The van der Waals surface area contributed by atoms with Crippen LogP contribution in [0.1, 0.15) is 91.9 Å². The third-order valence-corrected chi connectivity index (χ3v) is 15.2. The molecule has 0 spiro atoms. The van der Waals surface area contributed by atoms with Gasteiger partial charge in [0.05, 0.1) is 11.3 Å². The van der Waals surface area contributed by atoms with Crippen molar-refractivity contribution in [3.05, 3.63) is 0 Å². The molecule has 54 heavy (non-hydrogen) atoms. The SMILES string of the molecule is CN1CCC(C(C(=O)O)(C2CCN(C)CC2)C(C(=O)O)(C2CCN(C)CC2)C(C(=O)O)(C2CCN(C)CC2)C(C(=O)O)C2CC(C)(C)NC(C)(C)C2)CC1. The highest BCUT2D eigenvalue weighted by atomic mass is 16.4. The predicted molar refractivity (Wildman–Crippen MR) is 206 cm³/mol. The molecule has 5 aliphatic rings. The number of hydrogen-bond acceptors (Lipinski definition) is 9. The van der Waals surface area contributed by atoms with Crippen molar-refractivity contribution in [3.8, 4) is 0 Å². The monoisotopic (exact) mass is 762 g/mol. The minimum atomic E-state index is -2.44. The van der Waals surface area contributed by atoms with E-state index in [0.29, 0.717) is 90.9 Å². The topological polar surface area (TPSA) is 174 Å². The van der Waals surface area contributed by atoms with Crippen LogP contribution in [0.25, 0.3) is 0 Å². The number of carboxylic acid groups (broad SMARTS) is 4. The summed E-state index contributed by atoms with van der Waals surface area (Å²) in [5.41, 5.74) is -8.09. The van der Waals surface area contributed by atoms with E-state index in [1.165, 1.54) is 0 Å². The Labute approximate surface area is 323 Å². The van der Waals surface area contributed by atoms with Gasteiger partial charge in [-0.05, 0) is 202 Å². The van der Waals surface area contributed by atoms with Crippen molar-refractivity contribution in [2.24, 2.45) is 51.8 Å². The van der Waals surface area contributed by atoms with E-state index in [1.54, 1.807) is 0 Å². The Bertz CT molecular complexity index is 1340. The molecular formula is C41H71N5O8. The van der Waals surface area contributed by atoms with Gasteiger partial charge in [0.1, 0.15) is 10.8 Å². The molecule has 0 amide bonds. The molecule has 13 heteroatoms. The molecule has 5 fully saturated rings. The average Bonchev–Trinajstić information content (AvgIpc) is 3.06. The highest BCUT2D eigenvalue weighted by Gasteiger charge is 2.83. The molecule has 3 atom stereocenters. The number of rotatable bonds is 12. The summed E-state index contributed by atoms with van der Waals surface area (Å²) < 4.78 is 0. The molecule has 5 heterocycles. The van der Waals surface area contributed by atoms with Gasteiger partial charge in [0.15, 0.2) is 0 Å². The molecule has 0 saturated carbocycles. The van der Waals surface area contributed by atoms with E-state index >= 15 is 14.4 Å². The third-order valence-electron chi connectivity index (χ3n) is 15.2. The molecule has 0 bridgehead atoms. The number of nitrogens with one attached hydrogen (secondary N) is 1. The maximum Gasteiger partial charge on any atom is 0.312 e. The van der Waals surface area contributed by atoms with Gasteiger partial charge in [0.25, 0.3) is 0 Å². The number of carbonyl (C=O) groups is 4. The molecule has 0 aliphatic carbocycles. The number of hydrogen-bond donors (Lipinski definition) is 5. The van der Waals surface area contributed by atoms with Gasteiger partial charge in [0.2, 0.25) is 0 Å². The predicted octanol–water partition coefficient (Wildman–Crippen LogP) is 3.82. The van der Waals surface area contributed by atoms with Gasteiger partial charge < -0.3 is 45.3 Å². The zero-order valence-electron chi connectivity index (χ0n) is 34.4. The first kappa shape index (κ1) is 42.8. The molecular weight excluding hydrogens is 690 g/mol. The van der Waals surface area contributed by atoms with Crippen molar-refractivity contribution < 1.29 is 39.6 Å². The fraction of sp³-hybridized carbons (Fsp3) is 0.902. The van der Waals surface area contributed by atoms with E-state index in [-0.39, 0.29) is 25.7 Å². The first-order chi connectivity index (χ1) is 25.2. The fourth-order valence-electron chi connectivity index (χ4n) is 13.6. The Kier molecular flexibility index (Phi) is 12.6. The third kappa shape index (κ3) is 7.22. The molecule has 13 nitrogen and oxygen atoms in total. The van der Waals surface area contributed by atoms with Gasteiger partial charge in [-0.25, -0.2) is 0 Å². The van der Waals surface area contributed by atoms with Crippen LogP contribution in [-0.2, 0) is 19.2 Å². The Morgan fingerprint density at radius 3 is 1.17 bits per heavy atom. The highest BCUT2D eigenvalue weighted by molar-refractivity contribution is 5.97. The maximum atomic E-state index is 15.5. The van der Waals surface area contributed by atoms with E-state index in [0.717, 1.165) is 0 Å². The van der Waals surface area contributed by atoms with Crippen LogP contribution in [0.2, 0.25) is 0 Å². The summed E-state index contributed by atoms with van der Waals surface area (Å²) in [6.07, 6.45) is 3.40. The molecule has 0 radical (unpaired) electrons. The number of piperidine rings is 5. The van der Waals surface area contributed by atoms with Crippen LogP contribution < -0.4 is 5.32 Å².